The predicted octanol–water partition coefficient (Wildman–Crippen LogP) is 0.603. The Morgan fingerprint density at radius 1 is 1.43 bits per heavy atom. The van der Waals surface area contributed by atoms with Gasteiger partial charge in [-0.25, -0.2) is 0 Å². The molecule has 3 atom stereocenters. The van der Waals surface area contributed by atoms with E-state index in [1.807, 2.05) is 0 Å². The molecule has 0 bridgehead atoms. The lowest BCUT2D eigenvalue weighted by atomic mass is 9.91. The molecule has 0 radical (unpaired) electrons. The van der Waals surface area contributed by atoms with Gasteiger partial charge in [0.2, 0.25) is 0 Å². The first-order chi connectivity index (χ1) is 6.65. The molecule has 0 heterocycles. The Bertz CT molecular complexity index is 247. The van der Waals surface area contributed by atoms with Crippen molar-refractivity contribution in [2.24, 2.45) is 11.8 Å². The van der Waals surface area contributed by atoms with E-state index in [1.54, 1.807) is 6.08 Å². The van der Waals surface area contributed by atoms with Crippen LogP contribution in [0.4, 0.5) is 0 Å². The number of carboxylic acid groups (broad SMARTS) is 1. The first-order valence-corrected chi connectivity index (χ1v) is 4.67. The van der Waals surface area contributed by atoms with E-state index < -0.39 is 12.1 Å². The number of aliphatic carboxylic acids is 1. The summed E-state index contributed by atoms with van der Waals surface area (Å²) >= 11 is 0. The third kappa shape index (κ3) is 2.67. The fourth-order valence-corrected chi connectivity index (χ4v) is 1.99. The molecule has 1 fully saturated rings. The molecule has 0 amide bonds. The van der Waals surface area contributed by atoms with Gasteiger partial charge >= 0.3 is 5.97 Å². The first-order valence-electron chi connectivity index (χ1n) is 4.67. The Morgan fingerprint density at radius 2 is 2.14 bits per heavy atom. The number of hydrogen-bond acceptors (Lipinski definition) is 3. The summed E-state index contributed by atoms with van der Waals surface area (Å²) in [4.78, 5) is 20.6. The third-order valence-corrected chi connectivity index (χ3v) is 2.69. The summed E-state index contributed by atoms with van der Waals surface area (Å²) in [6.07, 6.45) is 4.52. The van der Waals surface area contributed by atoms with Crippen molar-refractivity contribution in [3.63, 3.8) is 0 Å². The van der Waals surface area contributed by atoms with Crippen molar-refractivity contribution >= 4 is 12.3 Å². The van der Waals surface area contributed by atoms with E-state index >= 15 is 0 Å². The molecule has 1 saturated carbocycles. The molecule has 1 rings (SSSR count). The number of rotatable bonds is 4. The van der Waals surface area contributed by atoms with Gasteiger partial charge in [0.15, 0.2) is 0 Å². The smallest absolute Gasteiger partial charge is 0.303 e. The van der Waals surface area contributed by atoms with Crippen LogP contribution in [0.3, 0.4) is 0 Å². The van der Waals surface area contributed by atoms with Crippen molar-refractivity contribution in [3.8, 4) is 0 Å². The Kier molecular flexibility index (Phi) is 3.83. The number of carbonyl (C=O) groups excluding carboxylic acids is 1. The zero-order chi connectivity index (χ0) is 10.6. The van der Waals surface area contributed by atoms with Gasteiger partial charge in [-0.05, 0) is 24.8 Å². The van der Waals surface area contributed by atoms with Gasteiger partial charge in [-0.15, -0.1) is 0 Å². The molecule has 1 aliphatic rings. The lowest BCUT2D eigenvalue weighted by Crippen LogP contribution is -2.21. The van der Waals surface area contributed by atoms with Crippen LogP contribution in [-0.4, -0.2) is 28.6 Å². The number of carbonyl (C=O) groups is 2. The van der Waals surface area contributed by atoms with Crippen molar-refractivity contribution in [1.29, 1.82) is 0 Å². The minimum absolute atomic E-state index is 0.0197. The average Bonchev–Trinajstić information content (AvgIpc) is 2.45. The molecule has 0 aromatic carbocycles. The lowest BCUT2D eigenvalue weighted by molar-refractivity contribution is -0.139. The molecule has 4 heteroatoms. The van der Waals surface area contributed by atoms with E-state index in [0.717, 1.165) is 6.42 Å². The highest BCUT2D eigenvalue weighted by Gasteiger charge is 2.34. The summed E-state index contributed by atoms with van der Waals surface area (Å²) in [5.74, 6) is -1.13. The van der Waals surface area contributed by atoms with Gasteiger partial charge in [-0.1, -0.05) is 6.08 Å². The van der Waals surface area contributed by atoms with Crippen LogP contribution in [0.15, 0.2) is 12.2 Å². The quantitative estimate of drug-likeness (QED) is 0.512. The van der Waals surface area contributed by atoms with Crippen LogP contribution in [-0.2, 0) is 9.59 Å². The van der Waals surface area contributed by atoms with Crippen LogP contribution in [0.1, 0.15) is 19.3 Å². The second-order valence-corrected chi connectivity index (χ2v) is 3.59. The second kappa shape index (κ2) is 4.91. The van der Waals surface area contributed by atoms with E-state index in [0.29, 0.717) is 12.7 Å². The fourth-order valence-electron chi connectivity index (χ4n) is 1.99. The maximum absolute atomic E-state index is 10.5. The zero-order valence-corrected chi connectivity index (χ0v) is 7.80. The Morgan fingerprint density at radius 3 is 2.71 bits per heavy atom. The van der Waals surface area contributed by atoms with E-state index in [2.05, 4.69) is 0 Å². The van der Waals surface area contributed by atoms with Crippen LogP contribution < -0.4 is 0 Å². The van der Waals surface area contributed by atoms with Crippen molar-refractivity contribution in [2.45, 2.75) is 25.4 Å². The molecule has 0 aromatic rings. The number of allylic oxidation sites excluding steroid dienone is 2. The topological polar surface area (TPSA) is 74.6 Å². The van der Waals surface area contributed by atoms with Crippen LogP contribution in [0.5, 0.6) is 0 Å². The highest BCUT2D eigenvalue weighted by molar-refractivity contribution is 5.67. The molecule has 1 aliphatic carbocycles. The highest BCUT2D eigenvalue weighted by Crippen LogP contribution is 2.35. The summed E-state index contributed by atoms with van der Waals surface area (Å²) < 4.78 is 0. The summed E-state index contributed by atoms with van der Waals surface area (Å²) in [6.45, 7) is 0. The van der Waals surface area contributed by atoms with Gasteiger partial charge in [0.25, 0.3) is 0 Å². The molecule has 0 aliphatic heterocycles. The minimum Gasteiger partial charge on any atom is -0.481 e. The zero-order valence-electron chi connectivity index (χ0n) is 7.80. The molecular formula is C10H14O4. The van der Waals surface area contributed by atoms with Gasteiger partial charge in [0.1, 0.15) is 6.29 Å². The van der Waals surface area contributed by atoms with Crippen LogP contribution in [0, 0.1) is 11.8 Å². The molecule has 78 valence electrons. The van der Waals surface area contributed by atoms with Crippen molar-refractivity contribution in [3.05, 3.63) is 12.2 Å². The minimum atomic E-state index is -0.902. The standard InChI is InChI=1S/C10H14O4/c11-5-1-2-7-3-4-9(12)8(7)6-10(13)14/h1-2,5,7-9,12H,3-4,6H2,(H,13,14)/t7-,8+,9-/m0/s1. The van der Waals surface area contributed by atoms with Gasteiger partial charge in [0.05, 0.1) is 12.5 Å². The molecule has 0 unspecified atom stereocenters. The highest BCUT2D eigenvalue weighted by atomic mass is 16.4. The molecular weight excluding hydrogens is 184 g/mol. The maximum Gasteiger partial charge on any atom is 0.303 e. The third-order valence-electron chi connectivity index (χ3n) is 2.69. The second-order valence-electron chi connectivity index (χ2n) is 3.59. The number of aliphatic hydroxyl groups is 1. The van der Waals surface area contributed by atoms with E-state index in [1.165, 1.54) is 6.08 Å². The Hall–Kier alpha value is -1.16. The fraction of sp³-hybridized carbons (Fsp3) is 0.600. The lowest BCUT2D eigenvalue weighted by Gasteiger charge is -2.16. The molecule has 0 saturated heterocycles. The monoisotopic (exact) mass is 198 g/mol. The summed E-state index contributed by atoms with van der Waals surface area (Å²) in [5.41, 5.74) is 0. The molecule has 14 heavy (non-hydrogen) atoms. The maximum atomic E-state index is 10.5. The summed E-state index contributed by atoms with van der Waals surface area (Å²) in [6, 6.07) is 0. The molecule has 0 spiro atoms. The van der Waals surface area contributed by atoms with Gasteiger partial charge in [0, 0.05) is 5.92 Å². The molecule has 2 N–H and O–H groups in total. The largest absolute Gasteiger partial charge is 0.481 e. The molecule has 4 nitrogen and oxygen atoms in total. The Balaban J connectivity index is 2.61. The molecule has 0 aromatic heterocycles. The Labute approximate surface area is 82.2 Å². The summed E-state index contributed by atoms with van der Waals surface area (Å²) in [5, 5.41) is 18.2. The van der Waals surface area contributed by atoms with E-state index in [4.69, 9.17) is 5.11 Å². The van der Waals surface area contributed by atoms with Crippen molar-refractivity contribution in [2.75, 3.05) is 0 Å². The van der Waals surface area contributed by atoms with E-state index in [-0.39, 0.29) is 18.3 Å². The van der Waals surface area contributed by atoms with Crippen LogP contribution in [0.2, 0.25) is 0 Å². The van der Waals surface area contributed by atoms with E-state index in [9.17, 15) is 14.7 Å². The van der Waals surface area contributed by atoms with Gasteiger partial charge in [-0.2, -0.15) is 0 Å². The summed E-state index contributed by atoms with van der Waals surface area (Å²) in [7, 11) is 0. The van der Waals surface area contributed by atoms with Gasteiger partial charge < -0.3 is 10.2 Å². The van der Waals surface area contributed by atoms with Gasteiger partial charge in [-0.3, -0.25) is 9.59 Å². The average molecular weight is 198 g/mol. The van der Waals surface area contributed by atoms with Crippen molar-refractivity contribution < 1.29 is 19.8 Å². The van der Waals surface area contributed by atoms with Crippen molar-refractivity contribution in [1.82, 2.24) is 0 Å². The number of aliphatic hydroxyl groups excluding tert-OH is 1. The number of carboxylic acids is 1. The number of aldehydes is 1. The normalized spacial score (nSPS) is 32.2. The van der Waals surface area contributed by atoms with Crippen LogP contribution in [0.25, 0.3) is 0 Å². The predicted molar refractivity (Wildman–Crippen MR) is 49.7 cm³/mol. The number of hydrogen-bond donors (Lipinski definition) is 2. The van der Waals surface area contributed by atoms with Crippen LogP contribution >= 0.6 is 0 Å². The SMILES string of the molecule is O=CC=C[C@H]1CC[C@H](O)[C@@H]1CC(=O)O. The first kappa shape index (κ1) is 10.9.